The Morgan fingerprint density at radius 1 is 1.04 bits per heavy atom. The number of benzene rings is 2. The van der Waals surface area contributed by atoms with Gasteiger partial charge in [0.05, 0.1) is 10.5 Å². The smallest absolute Gasteiger partial charge is 0.291 e. The van der Waals surface area contributed by atoms with Crippen molar-refractivity contribution in [1.29, 1.82) is 0 Å². The summed E-state index contributed by atoms with van der Waals surface area (Å²) in [6, 6.07) is 14.9. The predicted molar refractivity (Wildman–Crippen MR) is 94.7 cm³/mol. The summed E-state index contributed by atoms with van der Waals surface area (Å²) in [5.41, 5.74) is 3.00. The van der Waals surface area contributed by atoms with Crippen molar-refractivity contribution in [2.45, 2.75) is 13.8 Å². The SMILES string of the molecule is Cc1cccc(NC(=O)c2ccc(-c3ccccc3[N+](=O)[O-])o2)c1C. The third-order valence-corrected chi connectivity index (χ3v) is 4.05. The maximum Gasteiger partial charge on any atom is 0.291 e. The number of hydrogen-bond donors (Lipinski definition) is 1. The van der Waals surface area contributed by atoms with E-state index in [0.29, 0.717) is 11.3 Å². The highest BCUT2D eigenvalue weighted by atomic mass is 16.6. The first kappa shape index (κ1) is 16.4. The summed E-state index contributed by atoms with van der Waals surface area (Å²) in [5.74, 6) is -0.0361. The number of anilines is 1. The van der Waals surface area contributed by atoms with Crippen LogP contribution in [0.15, 0.2) is 59.0 Å². The number of carbonyl (C=O) groups is 1. The lowest BCUT2D eigenvalue weighted by atomic mass is 10.1. The molecule has 0 spiro atoms. The van der Waals surface area contributed by atoms with Gasteiger partial charge >= 0.3 is 0 Å². The van der Waals surface area contributed by atoms with E-state index in [0.717, 1.165) is 11.1 Å². The number of amides is 1. The van der Waals surface area contributed by atoms with E-state index in [9.17, 15) is 14.9 Å². The second-order valence-corrected chi connectivity index (χ2v) is 5.64. The number of para-hydroxylation sites is 1. The Kier molecular flexibility index (Phi) is 4.35. The van der Waals surface area contributed by atoms with Gasteiger partial charge in [-0.2, -0.15) is 0 Å². The van der Waals surface area contributed by atoms with E-state index in [1.165, 1.54) is 12.1 Å². The summed E-state index contributed by atoms with van der Waals surface area (Å²) in [6.07, 6.45) is 0. The molecule has 0 atom stereocenters. The number of nitrogens with one attached hydrogen (secondary N) is 1. The third kappa shape index (κ3) is 3.28. The lowest BCUT2D eigenvalue weighted by molar-refractivity contribution is -0.384. The zero-order valence-corrected chi connectivity index (χ0v) is 13.8. The minimum Gasteiger partial charge on any atom is -0.451 e. The highest BCUT2D eigenvalue weighted by molar-refractivity contribution is 6.03. The summed E-state index contributed by atoms with van der Waals surface area (Å²) in [5, 5.41) is 13.9. The third-order valence-electron chi connectivity index (χ3n) is 4.05. The van der Waals surface area contributed by atoms with Gasteiger partial charge in [0, 0.05) is 11.8 Å². The van der Waals surface area contributed by atoms with Crippen LogP contribution in [0.2, 0.25) is 0 Å². The number of nitro groups is 1. The normalized spacial score (nSPS) is 10.5. The standard InChI is InChI=1S/C19H16N2O4/c1-12-6-5-8-15(13(12)2)20-19(22)18-11-10-17(25-18)14-7-3-4-9-16(14)21(23)24/h3-11H,1-2H3,(H,20,22). The molecule has 3 aromatic rings. The molecule has 0 radical (unpaired) electrons. The summed E-state index contributed by atoms with van der Waals surface area (Å²) in [7, 11) is 0. The van der Waals surface area contributed by atoms with Crippen molar-refractivity contribution in [1.82, 2.24) is 0 Å². The summed E-state index contributed by atoms with van der Waals surface area (Å²) in [6.45, 7) is 3.89. The van der Waals surface area contributed by atoms with Crippen molar-refractivity contribution in [3.63, 3.8) is 0 Å². The van der Waals surface area contributed by atoms with E-state index in [1.54, 1.807) is 24.3 Å². The van der Waals surface area contributed by atoms with Gasteiger partial charge in [-0.1, -0.05) is 24.3 Å². The van der Waals surface area contributed by atoms with Gasteiger partial charge in [-0.15, -0.1) is 0 Å². The first-order valence-corrected chi connectivity index (χ1v) is 7.68. The van der Waals surface area contributed by atoms with E-state index < -0.39 is 10.8 Å². The molecule has 0 aliphatic heterocycles. The van der Waals surface area contributed by atoms with Gasteiger partial charge in [-0.3, -0.25) is 14.9 Å². The summed E-state index contributed by atoms with van der Waals surface area (Å²) >= 11 is 0. The maximum absolute atomic E-state index is 12.4. The molecule has 0 fully saturated rings. The van der Waals surface area contributed by atoms with E-state index >= 15 is 0 Å². The first-order valence-electron chi connectivity index (χ1n) is 7.68. The molecule has 0 aliphatic rings. The Morgan fingerprint density at radius 2 is 1.80 bits per heavy atom. The zero-order valence-electron chi connectivity index (χ0n) is 13.8. The fourth-order valence-electron chi connectivity index (χ4n) is 2.52. The molecular weight excluding hydrogens is 320 g/mol. The molecule has 0 unspecified atom stereocenters. The highest BCUT2D eigenvalue weighted by Gasteiger charge is 2.19. The molecule has 1 aromatic heterocycles. The van der Waals surface area contributed by atoms with Crippen molar-refractivity contribution in [3.05, 3.63) is 81.6 Å². The quantitative estimate of drug-likeness (QED) is 0.551. The molecule has 126 valence electrons. The van der Waals surface area contributed by atoms with Gasteiger partial charge in [0.25, 0.3) is 11.6 Å². The summed E-state index contributed by atoms with van der Waals surface area (Å²) in [4.78, 5) is 23.1. The Morgan fingerprint density at radius 3 is 2.56 bits per heavy atom. The van der Waals surface area contributed by atoms with Crippen molar-refractivity contribution < 1.29 is 14.1 Å². The molecule has 6 heteroatoms. The molecule has 0 saturated carbocycles. The molecule has 1 heterocycles. The molecule has 1 N–H and O–H groups in total. The van der Waals surface area contributed by atoms with Gasteiger partial charge in [0.2, 0.25) is 0 Å². The number of aryl methyl sites for hydroxylation is 1. The highest BCUT2D eigenvalue weighted by Crippen LogP contribution is 2.31. The van der Waals surface area contributed by atoms with Crippen molar-refractivity contribution in [2.24, 2.45) is 0 Å². The minimum atomic E-state index is -0.478. The van der Waals surface area contributed by atoms with Crippen LogP contribution in [0.3, 0.4) is 0 Å². The molecule has 0 saturated heterocycles. The Labute approximate surface area is 144 Å². The van der Waals surface area contributed by atoms with Gasteiger partial charge in [-0.05, 0) is 49.2 Å². The summed E-state index contributed by atoms with van der Waals surface area (Å²) < 4.78 is 5.55. The van der Waals surface area contributed by atoms with Crippen LogP contribution in [0.1, 0.15) is 21.7 Å². The predicted octanol–water partition coefficient (Wildman–Crippen LogP) is 4.72. The van der Waals surface area contributed by atoms with Crippen LogP contribution in [0.25, 0.3) is 11.3 Å². The van der Waals surface area contributed by atoms with Gasteiger partial charge in [0.15, 0.2) is 5.76 Å². The molecule has 0 bridgehead atoms. The van der Waals surface area contributed by atoms with E-state index in [1.807, 2.05) is 32.0 Å². The Bertz CT molecular complexity index is 960. The molecule has 1 amide bonds. The fourth-order valence-corrected chi connectivity index (χ4v) is 2.52. The van der Waals surface area contributed by atoms with Crippen LogP contribution in [-0.2, 0) is 0 Å². The molecule has 25 heavy (non-hydrogen) atoms. The Balaban J connectivity index is 1.88. The molecule has 3 rings (SSSR count). The van der Waals surface area contributed by atoms with Crippen molar-refractivity contribution in [3.8, 4) is 11.3 Å². The van der Waals surface area contributed by atoms with Crippen LogP contribution in [0, 0.1) is 24.0 Å². The van der Waals surface area contributed by atoms with Crippen LogP contribution in [0.4, 0.5) is 11.4 Å². The van der Waals surface area contributed by atoms with Crippen LogP contribution < -0.4 is 5.32 Å². The lowest BCUT2D eigenvalue weighted by Crippen LogP contribution is -2.12. The average molecular weight is 336 g/mol. The number of furan rings is 1. The minimum absolute atomic E-state index is 0.0710. The number of rotatable bonds is 4. The maximum atomic E-state index is 12.4. The Hall–Kier alpha value is -3.41. The van der Waals surface area contributed by atoms with E-state index in [2.05, 4.69) is 5.32 Å². The van der Waals surface area contributed by atoms with Crippen LogP contribution in [0.5, 0.6) is 0 Å². The van der Waals surface area contributed by atoms with Gasteiger partial charge in [0.1, 0.15) is 5.76 Å². The van der Waals surface area contributed by atoms with Crippen molar-refractivity contribution in [2.75, 3.05) is 5.32 Å². The average Bonchev–Trinajstić information content (AvgIpc) is 3.09. The van der Waals surface area contributed by atoms with Gasteiger partial charge in [-0.25, -0.2) is 0 Å². The number of nitrogens with zero attached hydrogens (tertiary/aromatic N) is 1. The van der Waals surface area contributed by atoms with E-state index in [-0.39, 0.29) is 17.2 Å². The number of carbonyl (C=O) groups excluding carboxylic acids is 1. The van der Waals surface area contributed by atoms with Crippen LogP contribution in [-0.4, -0.2) is 10.8 Å². The fraction of sp³-hybridized carbons (Fsp3) is 0.105. The zero-order chi connectivity index (χ0) is 18.0. The number of nitro benzene ring substituents is 1. The molecule has 2 aromatic carbocycles. The molecular formula is C19H16N2O4. The van der Waals surface area contributed by atoms with E-state index in [4.69, 9.17) is 4.42 Å². The second-order valence-electron chi connectivity index (χ2n) is 5.64. The van der Waals surface area contributed by atoms with Crippen molar-refractivity contribution >= 4 is 17.3 Å². The lowest BCUT2D eigenvalue weighted by Gasteiger charge is -2.09. The second kappa shape index (κ2) is 6.60. The monoisotopic (exact) mass is 336 g/mol. The molecule has 0 aliphatic carbocycles. The van der Waals surface area contributed by atoms with Gasteiger partial charge < -0.3 is 9.73 Å². The van der Waals surface area contributed by atoms with Crippen LogP contribution >= 0.6 is 0 Å². The largest absolute Gasteiger partial charge is 0.451 e. The number of hydrogen-bond acceptors (Lipinski definition) is 4. The topological polar surface area (TPSA) is 85.4 Å². The first-order chi connectivity index (χ1) is 12.0. The molecule has 6 nitrogen and oxygen atoms in total.